The van der Waals surface area contributed by atoms with E-state index < -0.39 is 0 Å². The summed E-state index contributed by atoms with van der Waals surface area (Å²) in [5, 5.41) is 11.0. The summed E-state index contributed by atoms with van der Waals surface area (Å²) in [5.41, 5.74) is 0. The van der Waals surface area contributed by atoms with Crippen LogP contribution in [0.1, 0.15) is 62.1 Å². The van der Waals surface area contributed by atoms with Crippen molar-refractivity contribution in [3.8, 4) is 0 Å². The van der Waals surface area contributed by atoms with Crippen molar-refractivity contribution in [1.29, 1.82) is 0 Å². The second kappa shape index (κ2) is 4.47. The third-order valence-corrected chi connectivity index (χ3v) is 3.74. The summed E-state index contributed by atoms with van der Waals surface area (Å²) in [6.07, 6.45) is 6.56. The second-order valence-electron chi connectivity index (χ2n) is 4.95. The van der Waals surface area contributed by atoms with Gasteiger partial charge in [-0.15, -0.1) is 10.2 Å². The number of carbonyl (C=O) groups excluding carboxylic acids is 1. The Morgan fingerprint density at radius 1 is 1.06 bits per heavy atom. The maximum Gasteiger partial charge on any atom is 0.232 e. The van der Waals surface area contributed by atoms with E-state index in [-0.39, 0.29) is 11.8 Å². The molecule has 0 bridgehead atoms. The van der Waals surface area contributed by atoms with E-state index in [0.29, 0.717) is 11.8 Å². The molecular weight excluding hydrogens is 218 g/mol. The Bertz CT molecular complexity index is 410. The first kappa shape index (κ1) is 10.7. The van der Waals surface area contributed by atoms with Crippen LogP contribution in [0.25, 0.3) is 0 Å². The number of amides is 1. The maximum absolute atomic E-state index is 11.7. The molecule has 1 aliphatic carbocycles. The first-order valence-electron chi connectivity index (χ1n) is 6.45. The van der Waals surface area contributed by atoms with Gasteiger partial charge in [0.2, 0.25) is 17.7 Å². The van der Waals surface area contributed by atoms with E-state index in [1.807, 2.05) is 0 Å². The highest BCUT2D eigenvalue weighted by Gasteiger charge is 2.30. The lowest BCUT2D eigenvalue weighted by Gasteiger charge is -2.18. The fourth-order valence-corrected chi connectivity index (χ4v) is 2.73. The minimum absolute atomic E-state index is 0.0258. The molecule has 2 aliphatic rings. The van der Waals surface area contributed by atoms with Gasteiger partial charge >= 0.3 is 0 Å². The molecule has 5 nitrogen and oxygen atoms in total. The number of hydrogen-bond acceptors (Lipinski definition) is 4. The summed E-state index contributed by atoms with van der Waals surface area (Å²) in [6, 6.07) is 0. The van der Waals surface area contributed by atoms with Crippen LogP contribution < -0.4 is 5.32 Å². The quantitative estimate of drug-likeness (QED) is 0.847. The number of hydrogen-bond donors (Lipinski definition) is 1. The smallest absolute Gasteiger partial charge is 0.232 e. The van der Waals surface area contributed by atoms with Crippen LogP contribution in [0.15, 0.2) is 4.42 Å². The van der Waals surface area contributed by atoms with Crippen molar-refractivity contribution in [2.75, 3.05) is 6.54 Å². The summed E-state index contributed by atoms with van der Waals surface area (Å²) in [4.78, 5) is 11.7. The van der Waals surface area contributed by atoms with Crippen molar-refractivity contribution in [1.82, 2.24) is 15.5 Å². The molecule has 5 heteroatoms. The highest BCUT2D eigenvalue weighted by molar-refractivity contribution is 5.83. The van der Waals surface area contributed by atoms with Gasteiger partial charge in [0.25, 0.3) is 0 Å². The molecule has 1 unspecified atom stereocenters. The fraction of sp³-hybridized carbons (Fsp3) is 0.750. The van der Waals surface area contributed by atoms with Crippen molar-refractivity contribution >= 4 is 5.91 Å². The zero-order chi connectivity index (χ0) is 11.7. The van der Waals surface area contributed by atoms with Gasteiger partial charge in [-0.1, -0.05) is 12.8 Å². The van der Waals surface area contributed by atoms with Crippen LogP contribution in [0.4, 0.5) is 0 Å². The molecule has 1 aliphatic heterocycles. The Morgan fingerprint density at radius 3 is 2.59 bits per heavy atom. The molecule has 2 heterocycles. The average Bonchev–Trinajstić information content (AvgIpc) is 3.00. The van der Waals surface area contributed by atoms with Gasteiger partial charge in [-0.25, -0.2) is 0 Å². The standard InChI is InChI=1S/C12H17N3O2/c16-10-9(6-3-7-13-10)12-15-14-11(17-12)8-4-1-2-5-8/h8-9H,1-7H2,(H,13,16). The predicted molar refractivity (Wildman–Crippen MR) is 60.5 cm³/mol. The third-order valence-electron chi connectivity index (χ3n) is 3.74. The van der Waals surface area contributed by atoms with Gasteiger partial charge in [-0.3, -0.25) is 4.79 Å². The fourth-order valence-electron chi connectivity index (χ4n) is 2.73. The number of piperidine rings is 1. The number of aromatic nitrogens is 2. The molecule has 17 heavy (non-hydrogen) atoms. The van der Waals surface area contributed by atoms with Crippen molar-refractivity contribution < 1.29 is 9.21 Å². The van der Waals surface area contributed by atoms with Crippen LogP contribution >= 0.6 is 0 Å². The van der Waals surface area contributed by atoms with Gasteiger partial charge in [0.1, 0.15) is 5.92 Å². The van der Waals surface area contributed by atoms with E-state index in [1.54, 1.807) is 0 Å². The number of nitrogens with one attached hydrogen (secondary N) is 1. The molecule has 1 saturated heterocycles. The van der Waals surface area contributed by atoms with Crippen LogP contribution in [0, 0.1) is 0 Å². The molecule has 2 fully saturated rings. The topological polar surface area (TPSA) is 68.0 Å². The van der Waals surface area contributed by atoms with Crippen LogP contribution in [-0.2, 0) is 4.79 Å². The lowest BCUT2D eigenvalue weighted by Crippen LogP contribution is -2.35. The van der Waals surface area contributed by atoms with E-state index in [9.17, 15) is 4.79 Å². The lowest BCUT2D eigenvalue weighted by atomic mass is 9.99. The normalized spacial score (nSPS) is 26.1. The van der Waals surface area contributed by atoms with Gasteiger partial charge < -0.3 is 9.73 Å². The number of carbonyl (C=O) groups is 1. The Labute approximate surface area is 100.0 Å². The van der Waals surface area contributed by atoms with E-state index >= 15 is 0 Å². The van der Waals surface area contributed by atoms with Gasteiger partial charge in [0.15, 0.2) is 0 Å². The van der Waals surface area contributed by atoms with Gasteiger partial charge in [-0.2, -0.15) is 0 Å². The Kier molecular flexibility index (Phi) is 2.82. The van der Waals surface area contributed by atoms with Crippen molar-refractivity contribution in [2.24, 2.45) is 0 Å². The molecule has 0 radical (unpaired) electrons. The van der Waals surface area contributed by atoms with Crippen LogP contribution in [0.3, 0.4) is 0 Å². The predicted octanol–water partition coefficient (Wildman–Crippen LogP) is 1.72. The Balaban J connectivity index is 1.76. The third kappa shape index (κ3) is 2.06. The number of rotatable bonds is 2. The lowest BCUT2D eigenvalue weighted by molar-refractivity contribution is -0.124. The van der Waals surface area contributed by atoms with E-state index in [0.717, 1.165) is 38.1 Å². The van der Waals surface area contributed by atoms with E-state index in [1.165, 1.54) is 12.8 Å². The summed E-state index contributed by atoms with van der Waals surface area (Å²) in [7, 11) is 0. The SMILES string of the molecule is O=C1NCCCC1c1nnc(C2CCCC2)o1. The molecule has 1 aromatic heterocycles. The minimum atomic E-state index is -0.230. The summed E-state index contributed by atoms with van der Waals surface area (Å²) >= 11 is 0. The molecule has 92 valence electrons. The molecule has 1 amide bonds. The molecule has 0 spiro atoms. The Hall–Kier alpha value is -1.39. The second-order valence-corrected chi connectivity index (χ2v) is 4.95. The van der Waals surface area contributed by atoms with Crippen molar-refractivity contribution in [3.63, 3.8) is 0 Å². The largest absolute Gasteiger partial charge is 0.424 e. The molecule has 1 N–H and O–H groups in total. The zero-order valence-corrected chi connectivity index (χ0v) is 9.82. The minimum Gasteiger partial charge on any atom is -0.424 e. The molecule has 0 aromatic carbocycles. The highest BCUT2D eigenvalue weighted by atomic mass is 16.4. The van der Waals surface area contributed by atoms with Crippen LogP contribution in [-0.4, -0.2) is 22.6 Å². The van der Waals surface area contributed by atoms with Crippen molar-refractivity contribution in [3.05, 3.63) is 11.8 Å². The summed E-state index contributed by atoms with van der Waals surface area (Å²) < 4.78 is 5.69. The first-order chi connectivity index (χ1) is 8.34. The van der Waals surface area contributed by atoms with Crippen LogP contribution in [0.2, 0.25) is 0 Å². The summed E-state index contributed by atoms with van der Waals surface area (Å²) in [6.45, 7) is 0.763. The van der Waals surface area contributed by atoms with Gasteiger partial charge in [0, 0.05) is 12.5 Å². The average molecular weight is 235 g/mol. The Morgan fingerprint density at radius 2 is 1.82 bits per heavy atom. The highest BCUT2D eigenvalue weighted by Crippen LogP contribution is 2.34. The molecule has 3 rings (SSSR count). The van der Waals surface area contributed by atoms with E-state index in [4.69, 9.17) is 4.42 Å². The van der Waals surface area contributed by atoms with Crippen LogP contribution in [0.5, 0.6) is 0 Å². The first-order valence-corrected chi connectivity index (χ1v) is 6.45. The number of nitrogens with zero attached hydrogens (tertiary/aromatic N) is 2. The summed E-state index contributed by atoms with van der Waals surface area (Å²) in [5.74, 6) is 1.45. The maximum atomic E-state index is 11.7. The molecular formula is C12H17N3O2. The van der Waals surface area contributed by atoms with E-state index in [2.05, 4.69) is 15.5 Å². The van der Waals surface area contributed by atoms with Gasteiger partial charge in [0.05, 0.1) is 0 Å². The monoisotopic (exact) mass is 235 g/mol. The molecule has 1 aromatic rings. The zero-order valence-electron chi connectivity index (χ0n) is 9.82. The van der Waals surface area contributed by atoms with Gasteiger partial charge in [-0.05, 0) is 25.7 Å². The van der Waals surface area contributed by atoms with Crippen molar-refractivity contribution in [2.45, 2.75) is 50.4 Å². The molecule has 1 saturated carbocycles. The molecule has 1 atom stereocenters.